The Bertz CT molecular complexity index is 68.8. The van der Waals surface area contributed by atoms with E-state index in [0.29, 0.717) is 0 Å². The zero-order valence-electron chi connectivity index (χ0n) is 2.63. The highest BCUT2D eigenvalue weighted by Crippen LogP contribution is 0.790. The SMILES string of the molecule is O=C=O.O=C=O.[12CH4].[12CH4].[12CH4].[12CH4].[12CH4].[12CH4].[12CH4].[12CH4].[13CH4].[13CH4].[13CH4].[13CH4].[13CH4].[13CH4].[13CH4]. The van der Waals surface area contributed by atoms with E-state index in [1.165, 1.54) is 0 Å². The Morgan fingerprint density at radius 3 is 0.238 bits per heavy atom. The number of carbonyl (C=O) groups excluding carboxylic acids is 4. The smallest absolute Gasteiger partial charge is 0.186 e. The van der Waals surface area contributed by atoms with E-state index < -0.39 is 0 Å². The highest BCUT2D eigenvalue weighted by Gasteiger charge is 1.13. The summed E-state index contributed by atoms with van der Waals surface area (Å²) >= 11 is 0. The van der Waals surface area contributed by atoms with Crippen LogP contribution in [0.4, 0.5) is 0 Å². The van der Waals surface area contributed by atoms with Crippen molar-refractivity contribution in [2.24, 2.45) is 0 Å². The molecule has 0 spiro atoms. The van der Waals surface area contributed by atoms with Gasteiger partial charge in [0.1, 0.15) is 0 Å². The maximum Gasteiger partial charge on any atom is 0.373 e. The Kier molecular flexibility index (Phi) is 445000. The minimum absolute atomic E-state index is 0. The van der Waals surface area contributed by atoms with E-state index in [2.05, 4.69) is 0 Å². The quantitative estimate of drug-likeness (QED) is 0.417. The Morgan fingerprint density at radius 2 is 0.238 bits per heavy atom. The summed E-state index contributed by atoms with van der Waals surface area (Å²) in [5.74, 6) is 0. The van der Waals surface area contributed by atoms with Crippen LogP contribution in [0.5, 0.6) is 0 Å². The first-order valence-electron chi connectivity index (χ1n) is 0.816. The molecule has 0 aliphatic heterocycles. The molecule has 0 aliphatic carbocycles. The first-order valence-corrected chi connectivity index (χ1v) is 0.816. The summed E-state index contributed by atoms with van der Waals surface area (Å²) in [4.78, 5) is 32.5. The fourth-order valence-electron chi connectivity index (χ4n) is 0. The molecule has 0 fully saturated rings. The molecular weight excluding hydrogens is 275 g/mol. The van der Waals surface area contributed by atoms with Crippen LogP contribution in [0, 0.1) is 0 Å². The van der Waals surface area contributed by atoms with Crippen LogP contribution in [-0.2, 0) is 19.2 Å². The molecule has 21 heavy (non-hydrogen) atoms. The second-order valence-corrected chi connectivity index (χ2v) is 0.167. The molecule has 0 unspecified atom stereocenters. The van der Waals surface area contributed by atoms with Crippen LogP contribution in [-0.4, -0.2) is 12.3 Å². The van der Waals surface area contributed by atoms with Gasteiger partial charge in [0.15, 0.2) is 0 Å². The Morgan fingerprint density at radius 1 is 0.238 bits per heavy atom. The summed E-state index contributed by atoms with van der Waals surface area (Å²) in [6.45, 7) is 0. The van der Waals surface area contributed by atoms with Gasteiger partial charge in [0.25, 0.3) is 0 Å². The Hall–Kier alpha value is -1.24. The summed E-state index contributed by atoms with van der Waals surface area (Å²) in [5.41, 5.74) is 0. The summed E-state index contributed by atoms with van der Waals surface area (Å²) in [6, 6.07) is 0. The maximum atomic E-state index is 8.12. The van der Waals surface area contributed by atoms with Gasteiger partial charge < -0.3 is 0 Å². The van der Waals surface area contributed by atoms with Crippen molar-refractivity contribution in [1.82, 2.24) is 0 Å². The highest BCUT2D eigenvalue weighted by molar-refractivity contribution is 5.20. The molecule has 0 saturated carbocycles. The number of rotatable bonds is 0. The van der Waals surface area contributed by atoms with E-state index in [1.54, 1.807) is 0 Å². The lowest BCUT2D eigenvalue weighted by Gasteiger charge is -0.945. The molecule has 0 rings (SSSR count). The molecule has 4 heteroatoms. The van der Waals surface area contributed by atoms with Crippen LogP contribution in [0.3, 0.4) is 0 Å². The van der Waals surface area contributed by atoms with Crippen LogP contribution in [0.25, 0.3) is 0 Å². The van der Waals surface area contributed by atoms with Gasteiger partial charge in [0.05, 0.1) is 0 Å². The molecule has 0 aromatic heterocycles. The highest BCUT2D eigenvalue weighted by atomic mass is 16.2. The first-order chi connectivity index (χ1) is 2.83. The third-order valence-electron chi connectivity index (χ3n) is 0. The summed E-state index contributed by atoms with van der Waals surface area (Å²) in [6.07, 6.45) is 0.500. The largest absolute Gasteiger partial charge is 0.373 e. The molecule has 0 amide bonds. The third kappa shape index (κ3) is 3430. The van der Waals surface area contributed by atoms with Crippen molar-refractivity contribution in [2.75, 3.05) is 0 Å². The molecule has 0 aliphatic rings. The van der Waals surface area contributed by atoms with Crippen LogP contribution in [0.2, 0.25) is 0 Å². The van der Waals surface area contributed by atoms with E-state index in [9.17, 15) is 0 Å². The third-order valence-corrected chi connectivity index (χ3v) is 0. The molecule has 152 valence electrons. The second-order valence-electron chi connectivity index (χ2n) is 0.167. The fourth-order valence-corrected chi connectivity index (χ4v) is 0. The van der Waals surface area contributed by atoms with E-state index in [0.717, 1.165) is 0 Å². The zero-order chi connectivity index (χ0) is 5.41. The topological polar surface area (TPSA) is 68.3 Å². The molecule has 0 atom stereocenters. The summed E-state index contributed by atoms with van der Waals surface area (Å²) in [7, 11) is 0. The molecule has 0 aromatic carbocycles. The van der Waals surface area contributed by atoms with E-state index in [-0.39, 0.29) is 124 Å². The molecular formula is C17H60O4. The van der Waals surface area contributed by atoms with Crippen molar-refractivity contribution < 1.29 is 19.2 Å². The van der Waals surface area contributed by atoms with Crippen LogP contribution >= 0.6 is 0 Å². The van der Waals surface area contributed by atoms with E-state index in [4.69, 9.17) is 19.2 Å². The van der Waals surface area contributed by atoms with Gasteiger partial charge in [-0.15, -0.1) is 0 Å². The zero-order valence-corrected chi connectivity index (χ0v) is 2.63. The van der Waals surface area contributed by atoms with Crippen molar-refractivity contribution in [2.45, 2.75) is 111 Å². The van der Waals surface area contributed by atoms with Gasteiger partial charge in [-0.1, -0.05) is 111 Å². The molecule has 0 radical (unpaired) electrons. The minimum Gasteiger partial charge on any atom is -0.186 e. The van der Waals surface area contributed by atoms with Crippen molar-refractivity contribution in [3.8, 4) is 0 Å². The predicted octanol–water partition coefficient (Wildman–Crippen LogP) is 8.37. The van der Waals surface area contributed by atoms with Crippen LogP contribution < -0.4 is 0 Å². The summed E-state index contributed by atoms with van der Waals surface area (Å²) < 4.78 is 0. The predicted molar refractivity (Wildman–Crippen MR) is 111 cm³/mol. The minimum atomic E-state index is 0. The van der Waals surface area contributed by atoms with Crippen molar-refractivity contribution in [3.63, 3.8) is 0 Å². The number of hydrogen-bond donors (Lipinski definition) is 0. The Labute approximate surface area is 143 Å². The molecule has 0 saturated heterocycles. The molecule has 0 N–H and O–H groups in total. The van der Waals surface area contributed by atoms with Gasteiger partial charge in [0.2, 0.25) is 0 Å². The van der Waals surface area contributed by atoms with Gasteiger partial charge in [-0.3, -0.25) is 0 Å². The van der Waals surface area contributed by atoms with Crippen molar-refractivity contribution in [1.29, 1.82) is 0 Å². The van der Waals surface area contributed by atoms with Crippen molar-refractivity contribution in [3.05, 3.63) is 0 Å². The van der Waals surface area contributed by atoms with E-state index >= 15 is 0 Å². The van der Waals surface area contributed by atoms with Gasteiger partial charge in [-0.25, -0.2) is 0 Å². The monoisotopic (exact) mass is 335 g/mol. The molecule has 0 heterocycles. The lowest BCUT2D eigenvalue weighted by molar-refractivity contribution is -0.193. The fraction of sp³-hybridized carbons (Fsp3) is 0.882. The van der Waals surface area contributed by atoms with Crippen LogP contribution in [0.15, 0.2) is 0 Å². The van der Waals surface area contributed by atoms with E-state index in [1.807, 2.05) is 0 Å². The Balaban J connectivity index is -0.000000000593. The van der Waals surface area contributed by atoms with Gasteiger partial charge in [-0.2, -0.15) is 19.2 Å². The maximum absolute atomic E-state index is 8.12. The normalized spacial score (nSPS) is 0.762. The molecule has 4 nitrogen and oxygen atoms in total. The second kappa shape index (κ2) is 10200. The summed E-state index contributed by atoms with van der Waals surface area (Å²) in [5, 5.41) is 0. The average Bonchev–Trinajstić information content (AvgIpc) is 1.39. The first kappa shape index (κ1) is 913. The van der Waals surface area contributed by atoms with Gasteiger partial charge in [-0.05, 0) is 0 Å². The number of hydrogen-bond acceptors (Lipinski definition) is 4. The lowest BCUT2D eigenvalue weighted by atomic mass is 11.8. The standard InChI is InChI=1S/2CO2.15CH4/c2*2-1-3;;;;;;;;;;;;;;;/h;;15*1H4/i;;7*1+1;8*1+0. The molecule has 0 aromatic rings. The average molecular weight is 336 g/mol. The van der Waals surface area contributed by atoms with Crippen LogP contribution in [0.1, 0.15) is 111 Å². The van der Waals surface area contributed by atoms with Gasteiger partial charge in [0, 0.05) is 0 Å². The molecule has 0 bridgehead atoms. The van der Waals surface area contributed by atoms with Gasteiger partial charge >= 0.3 is 12.3 Å². The van der Waals surface area contributed by atoms with Crippen molar-refractivity contribution >= 4 is 12.3 Å². The lowest BCUT2D eigenvalue weighted by Crippen LogP contribution is -1.22.